The molecule has 2 heterocycles. The number of hydrogen-bond donors (Lipinski definition) is 0. The summed E-state index contributed by atoms with van der Waals surface area (Å²) >= 11 is 0. The predicted molar refractivity (Wildman–Crippen MR) is 85.7 cm³/mol. The zero-order chi connectivity index (χ0) is 14.8. The Morgan fingerprint density at radius 2 is 2.00 bits per heavy atom. The first-order valence-electron chi connectivity index (χ1n) is 7.31. The molecule has 20 heavy (non-hydrogen) atoms. The molecule has 0 saturated heterocycles. The van der Waals surface area contributed by atoms with Crippen molar-refractivity contribution in [3.63, 3.8) is 0 Å². The maximum absolute atomic E-state index is 5.80. The number of hydrogen-bond acceptors (Lipinski definition) is 3. The molecule has 2 rings (SSSR count). The van der Waals surface area contributed by atoms with Crippen LogP contribution in [0.3, 0.4) is 0 Å². The van der Waals surface area contributed by atoms with Crippen LogP contribution in [-0.4, -0.2) is 29.4 Å². The zero-order valence-corrected chi connectivity index (χ0v) is 14.2. The van der Waals surface area contributed by atoms with E-state index in [9.17, 15) is 0 Å². The van der Waals surface area contributed by atoms with Crippen molar-refractivity contribution >= 4 is 19.1 Å². The van der Waals surface area contributed by atoms with Crippen LogP contribution in [-0.2, 0) is 17.9 Å². The molecule has 0 aromatic carbocycles. The van der Waals surface area contributed by atoms with Gasteiger partial charge in [0, 0.05) is 25.8 Å². The SMILES string of the molecule is CCc1nn(COCC[Si](C)(C)C)c2nc(C)ccc12. The topological polar surface area (TPSA) is 39.9 Å². The lowest BCUT2D eigenvalue weighted by atomic mass is 10.2. The molecule has 0 bridgehead atoms. The van der Waals surface area contributed by atoms with Gasteiger partial charge in [-0.1, -0.05) is 26.6 Å². The monoisotopic (exact) mass is 291 g/mol. The molecule has 0 atom stereocenters. The molecule has 0 aliphatic heterocycles. The van der Waals surface area contributed by atoms with E-state index >= 15 is 0 Å². The summed E-state index contributed by atoms with van der Waals surface area (Å²) in [4.78, 5) is 4.60. The molecule has 0 fully saturated rings. The molecule has 2 aromatic rings. The first-order chi connectivity index (χ1) is 9.40. The maximum atomic E-state index is 5.80. The highest BCUT2D eigenvalue weighted by atomic mass is 28.3. The summed E-state index contributed by atoms with van der Waals surface area (Å²) in [5.41, 5.74) is 3.06. The van der Waals surface area contributed by atoms with Crippen LogP contribution in [0, 0.1) is 6.92 Å². The number of ether oxygens (including phenoxy) is 1. The standard InChI is InChI=1S/C15H25N3OSi/c1-6-14-13-8-7-12(2)16-15(13)18(17-14)11-19-9-10-20(3,4)5/h7-8H,6,9-11H2,1-5H3. The van der Waals surface area contributed by atoms with Gasteiger partial charge in [-0.2, -0.15) is 5.10 Å². The summed E-state index contributed by atoms with van der Waals surface area (Å²) in [6.45, 7) is 12.5. The number of nitrogens with zero attached hydrogens (tertiary/aromatic N) is 3. The van der Waals surface area contributed by atoms with Gasteiger partial charge in [-0.3, -0.25) is 0 Å². The molecule has 5 heteroatoms. The van der Waals surface area contributed by atoms with Gasteiger partial charge in [0.05, 0.1) is 5.69 Å². The van der Waals surface area contributed by atoms with Crippen LogP contribution in [0.15, 0.2) is 12.1 Å². The lowest BCUT2D eigenvalue weighted by molar-refractivity contribution is 0.0810. The normalized spacial score (nSPS) is 12.2. The van der Waals surface area contributed by atoms with E-state index in [0.717, 1.165) is 35.4 Å². The van der Waals surface area contributed by atoms with Crippen LogP contribution in [0.5, 0.6) is 0 Å². The van der Waals surface area contributed by atoms with Gasteiger partial charge in [0.25, 0.3) is 0 Å². The minimum Gasteiger partial charge on any atom is -0.359 e. The average Bonchev–Trinajstić information content (AvgIpc) is 2.71. The Bertz CT molecular complexity index is 587. The first kappa shape index (κ1) is 15.2. The zero-order valence-electron chi connectivity index (χ0n) is 13.2. The number of fused-ring (bicyclic) bond motifs is 1. The second-order valence-corrected chi connectivity index (χ2v) is 12.1. The van der Waals surface area contributed by atoms with Crippen molar-refractivity contribution in [2.24, 2.45) is 0 Å². The predicted octanol–water partition coefficient (Wildman–Crippen LogP) is 3.61. The highest BCUT2D eigenvalue weighted by Gasteiger charge is 2.13. The van der Waals surface area contributed by atoms with Gasteiger partial charge in [0.15, 0.2) is 5.65 Å². The Kier molecular flexibility index (Phi) is 4.60. The number of aryl methyl sites for hydroxylation is 2. The summed E-state index contributed by atoms with van der Waals surface area (Å²) in [5, 5.41) is 5.77. The Labute approximate surface area is 122 Å². The van der Waals surface area contributed by atoms with Gasteiger partial charge < -0.3 is 4.74 Å². The highest BCUT2D eigenvalue weighted by molar-refractivity contribution is 6.76. The number of rotatable bonds is 6. The molecule has 110 valence electrons. The molecule has 0 radical (unpaired) electrons. The quantitative estimate of drug-likeness (QED) is 0.603. The summed E-state index contributed by atoms with van der Waals surface area (Å²) in [6.07, 6.45) is 0.920. The third-order valence-electron chi connectivity index (χ3n) is 3.36. The van der Waals surface area contributed by atoms with Gasteiger partial charge in [-0.05, 0) is 31.5 Å². The van der Waals surface area contributed by atoms with Gasteiger partial charge in [0.2, 0.25) is 0 Å². The molecule has 0 aliphatic rings. The minimum absolute atomic E-state index is 0.497. The third kappa shape index (κ3) is 3.67. The average molecular weight is 291 g/mol. The molecule has 0 spiro atoms. The summed E-state index contributed by atoms with van der Waals surface area (Å²) < 4.78 is 7.69. The van der Waals surface area contributed by atoms with E-state index in [1.165, 1.54) is 6.04 Å². The van der Waals surface area contributed by atoms with Gasteiger partial charge >= 0.3 is 0 Å². The smallest absolute Gasteiger partial charge is 0.160 e. The van der Waals surface area contributed by atoms with E-state index in [1.54, 1.807) is 0 Å². The number of pyridine rings is 1. The Hall–Kier alpha value is -1.20. The van der Waals surface area contributed by atoms with Crippen LogP contribution < -0.4 is 0 Å². The fourth-order valence-electron chi connectivity index (χ4n) is 2.09. The molecular formula is C15H25N3OSi. The van der Waals surface area contributed by atoms with Crippen molar-refractivity contribution < 1.29 is 4.74 Å². The summed E-state index contributed by atoms with van der Waals surface area (Å²) in [5.74, 6) is 0. The summed E-state index contributed by atoms with van der Waals surface area (Å²) in [7, 11) is -1.03. The van der Waals surface area contributed by atoms with Gasteiger partial charge in [0.1, 0.15) is 6.73 Å². The Morgan fingerprint density at radius 3 is 2.65 bits per heavy atom. The van der Waals surface area contributed by atoms with E-state index in [2.05, 4.69) is 42.7 Å². The highest BCUT2D eigenvalue weighted by Crippen LogP contribution is 2.18. The molecular weight excluding hydrogens is 266 g/mol. The molecule has 0 aliphatic carbocycles. The van der Waals surface area contributed by atoms with E-state index in [-0.39, 0.29) is 0 Å². The lowest BCUT2D eigenvalue weighted by Crippen LogP contribution is -2.22. The maximum Gasteiger partial charge on any atom is 0.160 e. The Balaban J connectivity index is 2.11. The fraction of sp³-hybridized carbons (Fsp3) is 0.600. The fourth-order valence-corrected chi connectivity index (χ4v) is 2.85. The van der Waals surface area contributed by atoms with E-state index in [1.807, 2.05) is 17.7 Å². The molecule has 2 aromatic heterocycles. The summed E-state index contributed by atoms with van der Waals surface area (Å²) in [6, 6.07) is 5.33. The number of aromatic nitrogens is 3. The van der Waals surface area contributed by atoms with Crippen molar-refractivity contribution in [1.82, 2.24) is 14.8 Å². The van der Waals surface area contributed by atoms with Crippen LogP contribution in [0.25, 0.3) is 11.0 Å². The van der Waals surface area contributed by atoms with Crippen LogP contribution >= 0.6 is 0 Å². The second kappa shape index (κ2) is 6.05. The largest absolute Gasteiger partial charge is 0.359 e. The van der Waals surface area contributed by atoms with Gasteiger partial charge in [-0.15, -0.1) is 0 Å². The van der Waals surface area contributed by atoms with Crippen LogP contribution in [0.1, 0.15) is 18.3 Å². The third-order valence-corrected chi connectivity index (χ3v) is 5.06. The van der Waals surface area contributed by atoms with Crippen molar-refractivity contribution in [2.45, 2.75) is 52.7 Å². The van der Waals surface area contributed by atoms with Crippen LogP contribution in [0.4, 0.5) is 0 Å². The molecule has 0 amide bonds. The molecule has 0 unspecified atom stereocenters. The van der Waals surface area contributed by atoms with Crippen LogP contribution in [0.2, 0.25) is 25.7 Å². The van der Waals surface area contributed by atoms with Crippen molar-refractivity contribution in [2.75, 3.05) is 6.61 Å². The van der Waals surface area contributed by atoms with Crippen molar-refractivity contribution in [1.29, 1.82) is 0 Å². The molecule has 0 N–H and O–H groups in total. The van der Waals surface area contributed by atoms with Crippen molar-refractivity contribution in [3.8, 4) is 0 Å². The van der Waals surface area contributed by atoms with E-state index < -0.39 is 8.07 Å². The lowest BCUT2D eigenvalue weighted by Gasteiger charge is -2.15. The van der Waals surface area contributed by atoms with Gasteiger partial charge in [-0.25, -0.2) is 9.67 Å². The first-order valence-corrected chi connectivity index (χ1v) is 11.0. The van der Waals surface area contributed by atoms with E-state index in [0.29, 0.717) is 6.73 Å². The minimum atomic E-state index is -1.03. The van der Waals surface area contributed by atoms with Crippen molar-refractivity contribution in [3.05, 3.63) is 23.5 Å². The van der Waals surface area contributed by atoms with E-state index in [4.69, 9.17) is 4.74 Å². The Morgan fingerprint density at radius 1 is 1.25 bits per heavy atom. The second-order valence-electron chi connectivity index (χ2n) is 6.47. The molecule has 4 nitrogen and oxygen atoms in total. The molecule has 0 saturated carbocycles.